The molecule has 0 spiro atoms. The molecule has 1 amide bonds. The summed E-state index contributed by atoms with van der Waals surface area (Å²) in [6.45, 7) is 0.118. The number of nitrogens with one attached hydrogen (secondary N) is 1. The standard InChI is InChI=1S/C17H24N2O2/c20-17(19-13-6-2-1-3-7-13)12-21-16-10-11-18-15-9-5-4-8-14(15)16/h10-11,13H,1-9,12H2,(H,19,20). The third-order valence-corrected chi connectivity index (χ3v) is 4.52. The summed E-state index contributed by atoms with van der Waals surface area (Å²) in [5.74, 6) is 0.849. The average Bonchev–Trinajstić information content (AvgIpc) is 2.54. The third-order valence-electron chi connectivity index (χ3n) is 4.52. The molecule has 0 aliphatic heterocycles. The normalized spacial score (nSPS) is 18.9. The van der Waals surface area contributed by atoms with Gasteiger partial charge >= 0.3 is 0 Å². The van der Waals surface area contributed by atoms with Crippen LogP contribution in [0.15, 0.2) is 12.3 Å². The predicted octanol–water partition coefficient (Wildman–Crippen LogP) is 2.79. The van der Waals surface area contributed by atoms with E-state index in [0.29, 0.717) is 6.04 Å². The summed E-state index contributed by atoms with van der Waals surface area (Å²) in [6.07, 6.45) is 12.2. The number of aryl methyl sites for hydroxylation is 1. The molecule has 0 radical (unpaired) electrons. The zero-order valence-electron chi connectivity index (χ0n) is 12.6. The molecule has 1 aromatic rings. The van der Waals surface area contributed by atoms with Crippen LogP contribution < -0.4 is 10.1 Å². The first-order valence-corrected chi connectivity index (χ1v) is 8.22. The Morgan fingerprint density at radius 3 is 2.86 bits per heavy atom. The molecule has 0 saturated heterocycles. The second-order valence-electron chi connectivity index (χ2n) is 6.13. The highest BCUT2D eigenvalue weighted by atomic mass is 16.5. The third kappa shape index (κ3) is 3.74. The van der Waals surface area contributed by atoms with Crippen molar-refractivity contribution in [2.45, 2.75) is 63.8 Å². The van der Waals surface area contributed by atoms with Gasteiger partial charge in [0.2, 0.25) is 0 Å². The van der Waals surface area contributed by atoms with E-state index in [1.165, 1.54) is 37.7 Å². The number of rotatable bonds is 4. The van der Waals surface area contributed by atoms with E-state index < -0.39 is 0 Å². The quantitative estimate of drug-likeness (QED) is 0.927. The Labute approximate surface area is 126 Å². The molecular formula is C17H24N2O2. The number of hydrogen-bond acceptors (Lipinski definition) is 3. The Morgan fingerprint density at radius 1 is 1.19 bits per heavy atom. The molecule has 1 saturated carbocycles. The smallest absolute Gasteiger partial charge is 0.258 e. The van der Waals surface area contributed by atoms with Crippen LogP contribution >= 0.6 is 0 Å². The first-order chi connectivity index (χ1) is 10.3. The molecule has 0 unspecified atom stereocenters. The van der Waals surface area contributed by atoms with Gasteiger partial charge < -0.3 is 10.1 Å². The molecule has 2 aliphatic rings. The van der Waals surface area contributed by atoms with E-state index in [9.17, 15) is 4.79 Å². The summed E-state index contributed by atoms with van der Waals surface area (Å²) in [5, 5.41) is 3.09. The molecule has 1 aromatic heterocycles. The molecule has 114 valence electrons. The van der Waals surface area contributed by atoms with Gasteiger partial charge in [0.05, 0.1) is 0 Å². The molecule has 21 heavy (non-hydrogen) atoms. The number of carbonyl (C=O) groups excluding carboxylic acids is 1. The number of nitrogens with zero attached hydrogens (tertiary/aromatic N) is 1. The van der Waals surface area contributed by atoms with Crippen LogP contribution in [0.4, 0.5) is 0 Å². The fourth-order valence-electron chi connectivity index (χ4n) is 3.39. The molecule has 0 bridgehead atoms. The predicted molar refractivity (Wildman–Crippen MR) is 81.4 cm³/mol. The summed E-state index contributed by atoms with van der Waals surface area (Å²) in [4.78, 5) is 16.4. The Balaban J connectivity index is 1.53. The SMILES string of the molecule is O=C(COc1ccnc2c1CCCC2)NC1CCCCC1. The second kappa shape index (κ2) is 6.92. The van der Waals surface area contributed by atoms with Crippen LogP contribution in [0.5, 0.6) is 5.75 Å². The van der Waals surface area contributed by atoms with E-state index in [2.05, 4.69) is 10.3 Å². The zero-order valence-corrected chi connectivity index (χ0v) is 12.6. The fourth-order valence-corrected chi connectivity index (χ4v) is 3.39. The molecule has 0 aromatic carbocycles. The second-order valence-corrected chi connectivity index (χ2v) is 6.13. The van der Waals surface area contributed by atoms with Crippen molar-refractivity contribution >= 4 is 5.91 Å². The van der Waals surface area contributed by atoms with Crippen LogP contribution in [0.2, 0.25) is 0 Å². The van der Waals surface area contributed by atoms with Crippen molar-refractivity contribution in [2.75, 3.05) is 6.61 Å². The Morgan fingerprint density at radius 2 is 2.00 bits per heavy atom. The van der Waals surface area contributed by atoms with Gasteiger partial charge in [-0.1, -0.05) is 19.3 Å². The van der Waals surface area contributed by atoms with Gasteiger partial charge in [-0.25, -0.2) is 0 Å². The minimum Gasteiger partial charge on any atom is -0.483 e. The van der Waals surface area contributed by atoms with Gasteiger partial charge in [0, 0.05) is 23.5 Å². The van der Waals surface area contributed by atoms with Crippen LogP contribution in [0.25, 0.3) is 0 Å². The van der Waals surface area contributed by atoms with Crippen LogP contribution in [0.3, 0.4) is 0 Å². The van der Waals surface area contributed by atoms with Crippen molar-refractivity contribution in [3.8, 4) is 5.75 Å². The molecule has 1 heterocycles. The minimum atomic E-state index is 0.00303. The number of ether oxygens (including phenoxy) is 1. The van der Waals surface area contributed by atoms with Gasteiger partial charge in [-0.05, 0) is 44.6 Å². The minimum absolute atomic E-state index is 0.00303. The lowest BCUT2D eigenvalue weighted by Gasteiger charge is -2.23. The van der Waals surface area contributed by atoms with E-state index >= 15 is 0 Å². The van der Waals surface area contributed by atoms with Crippen molar-refractivity contribution in [3.63, 3.8) is 0 Å². The number of hydrogen-bond donors (Lipinski definition) is 1. The average molecular weight is 288 g/mol. The van der Waals surface area contributed by atoms with Crippen molar-refractivity contribution in [1.82, 2.24) is 10.3 Å². The van der Waals surface area contributed by atoms with Gasteiger partial charge in [-0.3, -0.25) is 9.78 Å². The number of aromatic nitrogens is 1. The number of amides is 1. The van der Waals surface area contributed by atoms with E-state index in [0.717, 1.165) is 37.1 Å². The monoisotopic (exact) mass is 288 g/mol. The number of carbonyl (C=O) groups is 1. The zero-order chi connectivity index (χ0) is 14.5. The lowest BCUT2D eigenvalue weighted by molar-refractivity contribution is -0.124. The first-order valence-electron chi connectivity index (χ1n) is 8.22. The lowest BCUT2D eigenvalue weighted by atomic mass is 9.95. The van der Waals surface area contributed by atoms with E-state index in [1.54, 1.807) is 6.20 Å². The Kier molecular flexibility index (Phi) is 4.73. The Hall–Kier alpha value is -1.58. The molecule has 0 atom stereocenters. The molecule has 4 nitrogen and oxygen atoms in total. The van der Waals surface area contributed by atoms with Crippen molar-refractivity contribution < 1.29 is 9.53 Å². The summed E-state index contributed by atoms with van der Waals surface area (Å²) in [7, 11) is 0. The lowest BCUT2D eigenvalue weighted by Crippen LogP contribution is -2.39. The van der Waals surface area contributed by atoms with Crippen LogP contribution in [0.1, 0.15) is 56.2 Å². The van der Waals surface area contributed by atoms with Crippen LogP contribution in [0, 0.1) is 0 Å². The van der Waals surface area contributed by atoms with Gasteiger partial charge in [0.1, 0.15) is 5.75 Å². The highest BCUT2D eigenvalue weighted by molar-refractivity contribution is 5.77. The van der Waals surface area contributed by atoms with Gasteiger partial charge in [-0.2, -0.15) is 0 Å². The molecule has 1 fully saturated rings. The van der Waals surface area contributed by atoms with Crippen molar-refractivity contribution in [1.29, 1.82) is 0 Å². The Bertz CT molecular complexity index is 496. The van der Waals surface area contributed by atoms with Crippen LogP contribution in [-0.4, -0.2) is 23.5 Å². The van der Waals surface area contributed by atoms with Crippen molar-refractivity contribution in [2.24, 2.45) is 0 Å². The highest BCUT2D eigenvalue weighted by Gasteiger charge is 2.18. The van der Waals surface area contributed by atoms with E-state index in [4.69, 9.17) is 4.74 Å². The molecule has 1 N–H and O–H groups in total. The largest absolute Gasteiger partial charge is 0.483 e. The summed E-state index contributed by atoms with van der Waals surface area (Å²) in [5.41, 5.74) is 2.35. The van der Waals surface area contributed by atoms with Crippen molar-refractivity contribution in [3.05, 3.63) is 23.5 Å². The number of fused-ring (bicyclic) bond motifs is 1. The summed E-state index contributed by atoms with van der Waals surface area (Å²) < 4.78 is 5.76. The maximum atomic E-state index is 12.0. The molecule has 4 heteroatoms. The topological polar surface area (TPSA) is 51.2 Å². The summed E-state index contributed by atoms with van der Waals surface area (Å²) in [6, 6.07) is 2.24. The molecule has 2 aliphatic carbocycles. The maximum absolute atomic E-state index is 12.0. The van der Waals surface area contributed by atoms with E-state index in [1.807, 2.05) is 6.07 Å². The molecular weight excluding hydrogens is 264 g/mol. The first kappa shape index (κ1) is 14.4. The number of pyridine rings is 1. The molecule has 3 rings (SSSR count). The van der Waals surface area contributed by atoms with E-state index in [-0.39, 0.29) is 12.5 Å². The summed E-state index contributed by atoms with van der Waals surface area (Å²) >= 11 is 0. The highest BCUT2D eigenvalue weighted by Crippen LogP contribution is 2.27. The van der Waals surface area contributed by atoms with Gasteiger partial charge in [0.15, 0.2) is 6.61 Å². The van der Waals surface area contributed by atoms with Crippen LogP contribution in [-0.2, 0) is 17.6 Å². The van der Waals surface area contributed by atoms with Gasteiger partial charge in [-0.15, -0.1) is 0 Å². The van der Waals surface area contributed by atoms with Gasteiger partial charge in [0.25, 0.3) is 5.91 Å². The maximum Gasteiger partial charge on any atom is 0.258 e. The fraction of sp³-hybridized carbons (Fsp3) is 0.647.